The number of halogens is 3. The van der Waals surface area contributed by atoms with Crippen molar-refractivity contribution in [3.05, 3.63) is 28.2 Å². The molecule has 0 heterocycles. The molecule has 1 saturated carbocycles. The van der Waals surface area contributed by atoms with Gasteiger partial charge >= 0.3 is 0 Å². The van der Waals surface area contributed by atoms with Gasteiger partial charge in [0.05, 0.1) is 15.4 Å². The molecule has 19 heavy (non-hydrogen) atoms. The summed E-state index contributed by atoms with van der Waals surface area (Å²) in [4.78, 5) is 0. The van der Waals surface area contributed by atoms with Gasteiger partial charge in [-0.25, -0.2) is 17.2 Å². The van der Waals surface area contributed by atoms with E-state index in [9.17, 15) is 17.2 Å². The van der Waals surface area contributed by atoms with Gasteiger partial charge in [0.25, 0.3) is 0 Å². The lowest BCUT2D eigenvalue weighted by Crippen LogP contribution is -2.34. The number of anilines is 1. The van der Waals surface area contributed by atoms with Gasteiger partial charge in [0.1, 0.15) is 11.6 Å². The Morgan fingerprint density at radius 2 is 1.95 bits per heavy atom. The predicted octanol–water partition coefficient (Wildman–Crippen LogP) is 3.10. The van der Waals surface area contributed by atoms with E-state index in [1.54, 1.807) is 0 Å². The van der Waals surface area contributed by atoms with Crippen LogP contribution in [-0.2, 0) is 9.84 Å². The SMILES string of the molecule is CS(=O)(=O)C1CCCC1Nc1cc(Br)c(F)cc1F. The second-order valence-corrected chi connectivity index (χ2v) is 7.91. The van der Waals surface area contributed by atoms with E-state index in [0.717, 1.165) is 12.5 Å². The van der Waals surface area contributed by atoms with Gasteiger partial charge in [0.2, 0.25) is 0 Å². The zero-order valence-electron chi connectivity index (χ0n) is 10.3. The molecule has 2 rings (SSSR count). The van der Waals surface area contributed by atoms with Gasteiger partial charge < -0.3 is 5.32 Å². The number of hydrogen-bond donors (Lipinski definition) is 1. The molecule has 1 aromatic carbocycles. The van der Waals surface area contributed by atoms with Crippen LogP contribution in [0.15, 0.2) is 16.6 Å². The molecule has 106 valence electrons. The van der Waals surface area contributed by atoms with Crippen LogP contribution in [0.4, 0.5) is 14.5 Å². The molecule has 0 amide bonds. The van der Waals surface area contributed by atoms with Crippen LogP contribution in [0.25, 0.3) is 0 Å². The van der Waals surface area contributed by atoms with Crippen LogP contribution in [0, 0.1) is 11.6 Å². The summed E-state index contributed by atoms with van der Waals surface area (Å²) in [7, 11) is -3.17. The minimum Gasteiger partial charge on any atom is -0.379 e. The molecule has 0 bridgehead atoms. The predicted molar refractivity (Wildman–Crippen MR) is 74.0 cm³/mol. The fourth-order valence-electron chi connectivity index (χ4n) is 2.44. The molecule has 1 aliphatic carbocycles. The van der Waals surface area contributed by atoms with E-state index in [2.05, 4.69) is 21.2 Å². The van der Waals surface area contributed by atoms with Crippen molar-refractivity contribution in [2.75, 3.05) is 11.6 Å². The lowest BCUT2D eigenvalue weighted by Gasteiger charge is -2.21. The van der Waals surface area contributed by atoms with Crippen molar-refractivity contribution in [2.24, 2.45) is 0 Å². The molecule has 7 heteroatoms. The largest absolute Gasteiger partial charge is 0.379 e. The Bertz CT molecular complexity index is 592. The summed E-state index contributed by atoms with van der Waals surface area (Å²) in [5.74, 6) is -1.41. The van der Waals surface area contributed by atoms with E-state index in [1.165, 1.54) is 12.3 Å². The van der Waals surface area contributed by atoms with Gasteiger partial charge in [-0.2, -0.15) is 0 Å². The Morgan fingerprint density at radius 3 is 2.58 bits per heavy atom. The first-order valence-electron chi connectivity index (χ1n) is 5.89. The number of nitrogens with one attached hydrogen (secondary N) is 1. The first-order chi connectivity index (χ1) is 8.79. The van der Waals surface area contributed by atoms with Gasteiger partial charge in [-0.3, -0.25) is 0 Å². The minimum atomic E-state index is -3.17. The average Bonchev–Trinajstić information content (AvgIpc) is 2.73. The van der Waals surface area contributed by atoms with Crippen molar-refractivity contribution in [3.8, 4) is 0 Å². The Kier molecular flexibility index (Phi) is 4.15. The maximum absolute atomic E-state index is 13.6. The van der Waals surface area contributed by atoms with Crippen LogP contribution < -0.4 is 5.32 Å². The highest BCUT2D eigenvalue weighted by atomic mass is 79.9. The standard InChI is InChI=1S/C12H14BrF2NO2S/c1-19(17,18)12-4-2-3-10(12)16-11-5-7(13)8(14)6-9(11)15/h5-6,10,12,16H,2-4H2,1H3. The van der Waals surface area contributed by atoms with Gasteiger partial charge in [-0.05, 0) is 41.3 Å². The Balaban J connectivity index is 2.24. The molecule has 1 N–H and O–H groups in total. The van der Waals surface area contributed by atoms with Gasteiger partial charge in [-0.1, -0.05) is 0 Å². The average molecular weight is 354 g/mol. The van der Waals surface area contributed by atoms with E-state index >= 15 is 0 Å². The summed E-state index contributed by atoms with van der Waals surface area (Å²) >= 11 is 2.98. The molecule has 2 atom stereocenters. The highest BCUT2D eigenvalue weighted by Gasteiger charge is 2.35. The van der Waals surface area contributed by atoms with Crippen molar-refractivity contribution in [1.29, 1.82) is 0 Å². The van der Waals surface area contributed by atoms with Crippen molar-refractivity contribution in [1.82, 2.24) is 0 Å². The normalized spacial score (nSPS) is 23.6. The number of benzene rings is 1. The van der Waals surface area contributed by atoms with Crippen LogP contribution in [-0.4, -0.2) is 26.0 Å². The molecule has 3 nitrogen and oxygen atoms in total. The minimum absolute atomic E-state index is 0.119. The third-order valence-electron chi connectivity index (χ3n) is 3.35. The Labute approximate surface area is 119 Å². The van der Waals surface area contributed by atoms with Crippen LogP contribution >= 0.6 is 15.9 Å². The molecular formula is C12H14BrF2NO2S. The summed E-state index contributed by atoms with van der Waals surface area (Å²) in [5.41, 5.74) is 0.119. The zero-order chi connectivity index (χ0) is 14.2. The van der Waals surface area contributed by atoms with Crippen LogP contribution in [0.1, 0.15) is 19.3 Å². The second-order valence-electron chi connectivity index (χ2n) is 4.80. The molecule has 1 fully saturated rings. The summed E-state index contributed by atoms with van der Waals surface area (Å²) in [6, 6.07) is 1.74. The first kappa shape index (κ1) is 14.7. The fourth-order valence-corrected chi connectivity index (χ4v) is 4.18. The highest BCUT2D eigenvalue weighted by Crippen LogP contribution is 2.30. The van der Waals surface area contributed by atoms with Gasteiger partial charge in [0, 0.05) is 18.4 Å². The topological polar surface area (TPSA) is 46.2 Å². The third-order valence-corrected chi connectivity index (χ3v) is 5.63. The van der Waals surface area contributed by atoms with E-state index in [-0.39, 0.29) is 16.2 Å². The lowest BCUT2D eigenvalue weighted by molar-refractivity contribution is 0.570. The first-order valence-corrected chi connectivity index (χ1v) is 8.64. The maximum atomic E-state index is 13.6. The van der Waals surface area contributed by atoms with Crippen molar-refractivity contribution in [2.45, 2.75) is 30.6 Å². The number of hydrogen-bond acceptors (Lipinski definition) is 3. The third kappa shape index (κ3) is 3.25. The maximum Gasteiger partial charge on any atom is 0.152 e. The fraction of sp³-hybridized carbons (Fsp3) is 0.500. The molecule has 0 spiro atoms. The van der Waals surface area contributed by atoms with Gasteiger partial charge in [-0.15, -0.1) is 0 Å². The molecular weight excluding hydrogens is 340 g/mol. The molecule has 0 radical (unpaired) electrons. The molecule has 1 aromatic rings. The van der Waals surface area contributed by atoms with Crippen molar-refractivity contribution in [3.63, 3.8) is 0 Å². The van der Waals surface area contributed by atoms with Crippen LogP contribution in [0.5, 0.6) is 0 Å². The molecule has 0 saturated heterocycles. The highest BCUT2D eigenvalue weighted by molar-refractivity contribution is 9.10. The number of rotatable bonds is 3. The zero-order valence-corrected chi connectivity index (χ0v) is 12.7. The Morgan fingerprint density at radius 1 is 1.26 bits per heavy atom. The van der Waals surface area contributed by atoms with E-state index < -0.39 is 26.7 Å². The second kappa shape index (κ2) is 5.36. The number of sulfone groups is 1. The molecule has 0 aromatic heterocycles. The van der Waals surface area contributed by atoms with Crippen molar-refractivity contribution < 1.29 is 17.2 Å². The summed E-state index contributed by atoms with van der Waals surface area (Å²) < 4.78 is 50.2. The Hall–Kier alpha value is -0.690. The van der Waals surface area contributed by atoms with Crippen LogP contribution in [0.3, 0.4) is 0 Å². The lowest BCUT2D eigenvalue weighted by atomic mass is 10.2. The molecule has 0 aliphatic heterocycles. The monoisotopic (exact) mass is 353 g/mol. The summed E-state index contributed by atoms with van der Waals surface area (Å²) in [5, 5.41) is 2.37. The van der Waals surface area contributed by atoms with E-state index in [1.807, 2.05) is 0 Å². The van der Waals surface area contributed by atoms with Crippen molar-refractivity contribution >= 4 is 31.5 Å². The van der Waals surface area contributed by atoms with Crippen LogP contribution in [0.2, 0.25) is 0 Å². The molecule has 2 unspecified atom stereocenters. The van der Waals surface area contributed by atoms with Gasteiger partial charge in [0.15, 0.2) is 9.84 Å². The summed E-state index contributed by atoms with van der Waals surface area (Å²) in [6.45, 7) is 0. The molecule has 1 aliphatic rings. The summed E-state index contributed by atoms with van der Waals surface area (Å²) in [6.07, 6.45) is 3.20. The van der Waals surface area contributed by atoms with E-state index in [0.29, 0.717) is 12.8 Å². The van der Waals surface area contributed by atoms with E-state index in [4.69, 9.17) is 0 Å². The smallest absolute Gasteiger partial charge is 0.152 e. The quantitative estimate of drug-likeness (QED) is 0.849.